The first-order valence-electron chi connectivity index (χ1n) is 9.26. The van der Waals surface area contributed by atoms with Crippen LogP contribution in [0.15, 0.2) is 24.3 Å². The van der Waals surface area contributed by atoms with E-state index in [1.165, 1.54) is 42.9 Å². The van der Waals surface area contributed by atoms with Gasteiger partial charge in [0, 0.05) is 23.6 Å². The molecule has 0 radical (unpaired) electrons. The minimum atomic E-state index is -0.425. The molecule has 3 aliphatic rings. The van der Waals surface area contributed by atoms with E-state index in [2.05, 4.69) is 23.5 Å². The first-order chi connectivity index (χ1) is 12.6. The van der Waals surface area contributed by atoms with Gasteiger partial charge in [-0.2, -0.15) is 0 Å². The Kier molecular flexibility index (Phi) is 5.19. The van der Waals surface area contributed by atoms with Crippen LogP contribution in [0.25, 0.3) is 0 Å². The molecule has 26 heavy (non-hydrogen) atoms. The number of hydrogen-bond acceptors (Lipinski definition) is 6. The Morgan fingerprint density at radius 1 is 1.15 bits per heavy atom. The Morgan fingerprint density at radius 2 is 1.77 bits per heavy atom. The maximum Gasteiger partial charge on any atom is 0.309 e. The number of benzene rings is 1. The second-order valence-corrected chi connectivity index (χ2v) is 10.4. The molecule has 2 aliphatic carbocycles. The summed E-state index contributed by atoms with van der Waals surface area (Å²) in [5.41, 5.74) is 0.843. The Balaban J connectivity index is 1.36. The molecule has 1 saturated heterocycles. The van der Waals surface area contributed by atoms with Crippen molar-refractivity contribution in [2.24, 2.45) is 17.8 Å². The molecule has 3 fully saturated rings. The zero-order chi connectivity index (χ0) is 18.1. The summed E-state index contributed by atoms with van der Waals surface area (Å²) >= 11 is 4.28. The second kappa shape index (κ2) is 7.43. The Bertz CT molecular complexity index is 671. The molecule has 7 heteroatoms. The minimum absolute atomic E-state index is 0.00998. The van der Waals surface area contributed by atoms with E-state index >= 15 is 0 Å². The van der Waals surface area contributed by atoms with Gasteiger partial charge >= 0.3 is 5.97 Å². The summed E-state index contributed by atoms with van der Waals surface area (Å²) in [7, 11) is 0. The van der Waals surface area contributed by atoms with Crippen LogP contribution in [-0.2, 0) is 16.1 Å². The maximum absolute atomic E-state index is 12.6. The van der Waals surface area contributed by atoms with Gasteiger partial charge in [-0.1, -0.05) is 6.42 Å². The normalized spacial score (nSPS) is 29.5. The van der Waals surface area contributed by atoms with Crippen molar-refractivity contribution in [1.82, 2.24) is 0 Å². The number of carbonyl (C=O) groups is 1. The third-order valence-electron chi connectivity index (χ3n) is 5.98. The van der Waals surface area contributed by atoms with Crippen molar-refractivity contribution in [3.05, 3.63) is 39.9 Å². The predicted octanol–water partition coefficient (Wildman–Crippen LogP) is 4.64. The molecule has 5 nitrogen and oxygen atoms in total. The number of nitro benzene ring substituents is 1. The van der Waals surface area contributed by atoms with E-state index in [4.69, 9.17) is 4.74 Å². The number of carbonyl (C=O) groups excluding carboxylic acids is 1. The highest BCUT2D eigenvalue weighted by Gasteiger charge is 2.55. The number of thioether (sulfide) groups is 2. The lowest BCUT2D eigenvalue weighted by Gasteiger charge is -2.51. The predicted molar refractivity (Wildman–Crippen MR) is 104 cm³/mol. The molecule has 0 aromatic heterocycles. The second-order valence-electron chi connectivity index (χ2n) is 7.44. The number of nitro groups is 1. The smallest absolute Gasteiger partial charge is 0.309 e. The highest BCUT2D eigenvalue weighted by Crippen LogP contribution is 2.64. The molecule has 1 spiro atoms. The van der Waals surface area contributed by atoms with E-state index in [0.717, 1.165) is 18.4 Å². The van der Waals surface area contributed by atoms with Crippen LogP contribution in [-0.4, -0.2) is 26.5 Å². The van der Waals surface area contributed by atoms with Crippen LogP contribution < -0.4 is 0 Å². The lowest BCUT2D eigenvalue weighted by Crippen LogP contribution is -2.48. The highest BCUT2D eigenvalue weighted by molar-refractivity contribution is 8.21. The lowest BCUT2D eigenvalue weighted by atomic mass is 9.67. The van der Waals surface area contributed by atoms with Crippen molar-refractivity contribution in [3.63, 3.8) is 0 Å². The number of esters is 1. The number of ether oxygens (including phenoxy) is 1. The topological polar surface area (TPSA) is 69.4 Å². The van der Waals surface area contributed by atoms with Gasteiger partial charge in [-0.25, -0.2) is 0 Å². The number of non-ortho nitro benzene ring substituents is 1. The molecule has 1 heterocycles. The molecule has 2 bridgehead atoms. The number of nitrogens with zero attached hydrogens (tertiary/aromatic N) is 1. The molecular weight excluding hydrogens is 370 g/mol. The van der Waals surface area contributed by atoms with Gasteiger partial charge in [-0.3, -0.25) is 14.9 Å². The van der Waals surface area contributed by atoms with E-state index in [1.54, 1.807) is 12.1 Å². The van der Waals surface area contributed by atoms with Gasteiger partial charge in [0.1, 0.15) is 6.61 Å². The monoisotopic (exact) mass is 393 g/mol. The fourth-order valence-corrected chi connectivity index (χ4v) is 8.72. The fraction of sp³-hybridized carbons (Fsp3) is 0.632. The average Bonchev–Trinajstić information content (AvgIpc) is 3.09. The molecule has 0 N–H and O–H groups in total. The van der Waals surface area contributed by atoms with Crippen molar-refractivity contribution in [2.45, 2.75) is 42.8 Å². The molecule has 140 valence electrons. The zero-order valence-electron chi connectivity index (χ0n) is 14.6. The van der Waals surface area contributed by atoms with Gasteiger partial charge in [-0.15, -0.1) is 23.5 Å². The molecule has 1 unspecified atom stereocenters. The lowest BCUT2D eigenvalue weighted by molar-refractivity contribution is -0.384. The summed E-state index contributed by atoms with van der Waals surface area (Å²) in [5.74, 6) is 3.66. The van der Waals surface area contributed by atoms with Crippen LogP contribution in [0.5, 0.6) is 0 Å². The summed E-state index contributed by atoms with van der Waals surface area (Å²) in [6.45, 7) is 0.192. The van der Waals surface area contributed by atoms with E-state index in [-0.39, 0.29) is 24.2 Å². The van der Waals surface area contributed by atoms with Gasteiger partial charge < -0.3 is 4.74 Å². The van der Waals surface area contributed by atoms with Crippen molar-refractivity contribution in [3.8, 4) is 0 Å². The van der Waals surface area contributed by atoms with Crippen molar-refractivity contribution in [1.29, 1.82) is 0 Å². The minimum Gasteiger partial charge on any atom is -0.461 e. The highest BCUT2D eigenvalue weighted by atomic mass is 32.2. The SMILES string of the molecule is O=C(OCc1ccc([N+](=O)[O-])cc1)C1C[C@H]2CCC[C@@H](C1)C21SCCS1. The van der Waals surface area contributed by atoms with E-state index < -0.39 is 4.92 Å². The zero-order valence-corrected chi connectivity index (χ0v) is 16.2. The first kappa shape index (κ1) is 18.2. The van der Waals surface area contributed by atoms with Gasteiger partial charge in [-0.05, 0) is 55.2 Å². The first-order valence-corrected chi connectivity index (χ1v) is 11.2. The van der Waals surface area contributed by atoms with Crippen LogP contribution in [0, 0.1) is 27.9 Å². The molecular formula is C19H23NO4S2. The molecule has 1 aromatic carbocycles. The van der Waals surface area contributed by atoms with E-state index in [1.807, 2.05) is 0 Å². The van der Waals surface area contributed by atoms with Crippen LogP contribution in [0.3, 0.4) is 0 Å². The van der Waals surface area contributed by atoms with E-state index in [0.29, 0.717) is 15.9 Å². The summed E-state index contributed by atoms with van der Waals surface area (Å²) in [6, 6.07) is 6.21. The summed E-state index contributed by atoms with van der Waals surface area (Å²) in [6.07, 6.45) is 5.68. The van der Waals surface area contributed by atoms with E-state index in [9.17, 15) is 14.9 Å². The van der Waals surface area contributed by atoms with Crippen LogP contribution in [0.1, 0.15) is 37.7 Å². The Labute approximate surface area is 161 Å². The quantitative estimate of drug-likeness (QED) is 0.422. The third-order valence-corrected chi connectivity index (χ3v) is 10.00. The van der Waals surface area contributed by atoms with Crippen LogP contribution in [0.4, 0.5) is 5.69 Å². The number of hydrogen-bond donors (Lipinski definition) is 0. The largest absolute Gasteiger partial charge is 0.461 e. The maximum atomic E-state index is 12.6. The van der Waals surface area contributed by atoms with Crippen molar-refractivity contribution < 1.29 is 14.5 Å². The van der Waals surface area contributed by atoms with Crippen molar-refractivity contribution in [2.75, 3.05) is 11.5 Å². The Hall–Kier alpha value is -1.21. The van der Waals surface area contributed by atoms with Crippen molar-refractivity contribution >= 4 is 35.2 Å². The molecule has 0 amide bonds. The van der Waals surface area contributed by atoms with Gasteiger partial charge in [0.25, 0.3) is 5.69 Å². The van der Waals surface area contributed by atoms with Gasteiger partial charge in [0.15, 0.2) is 0 Å². The van der Waals surface area contributed by atoms with Crippen LogP contribution >= 0.6 is 23.5 Å². The summed E-state index contributed by atoms with van der Waals surface area (Å²) in [4.78, 5) is 22.9. The standard InChI is InChI=1S/C19H23NO4S2/c21-18(24-12-13-4-6-17(7-5-13)20(22)23)14-10-15-2-1-3-16(11-14)19(15)25-8-9-26-19/h4-7,14-16H,1-3,8-12H2/t14?,15-,16+. The molecule has 1 aliphatic heterocycles. The molecule has 3 atom stereocenters. The van der Waals surface area contributed by atoms with Gasteiger partial charge in [0.2, 0.25) is 0 Å². The Morgan fingerprint density at radius 3 is 2.35 bits per heavy atom. The molecule has 2 saturated carbocycles. The molecule has 1 aromatic rings. The van der Waals surface area contributed by atoms with Crippen LogP contribution in [0.2, 0.25) is 0 Å². The molecule has 4 rings (SSSR count). The summed E-state index contributed by atoms with van der Waals surface area (Å²) in [5, 5.41) is 10.7. The fourth-order valence-electron chi connectivity index (χ4n) is 4.79. The van der Waals surface area contributed by atoms with Gasteiger partial charge in [0.05, 0.1) is 14.9 Å². The summed E-state index contributed by atoms with van der Waals surface area (Å²) < 4.78 is 5.93. The third kappa shape index (κ3) is 3.36. The average molecular weight is 394 g/mol. The number of rotatable bonds is 4.